The van der Waals surface area contributed by atoms with E-state index in [0.717, 1.165) is 5.56 Å². The van der Waals surface area contributed by atoms with Gasteiger partial charge in [0, 0.05) is 6.42 Å². The number of amides is 1. The third-order valence-electron chi connectivity index (χ3n) is 5.76. The lowest BCUT2D eigenvalue weighted by atomic mass is 9.77. The molecule has 0 saturated carbocycles. The van der Waals surface area contributed by atoms with Gasteiger partial charge in [0.25, 0.3) is 0 Å². The molecule has 0 aliphatic carbocycles. The molecule has 0 radical (unpaired) electrons. The minimum Gasteiger partial charge on any atom is -0.445 e. The number of morpholine rings is 1. The number of halogens is 2. The summed E-state index contributed by atoms with van der Waals surface area (Å²) in [5.74, 6) is 0.0528. The Kier molecular flexibility index (Phi) is 6.38. The van der Waals surface area contributed by atoms with Gasteiger partial charge >= 0.3 is 12.7 Å². The molecule has 2 aliphatic rings. The third kappa shape index (κ3) is 5.14. The van der Waals surface area contributed by atoms with Crippen LogP contribution in [0.25, 0.3) is 0 Å². The van der Waals surface area contributed by atoms with Crippen LogP contribution in [-0.4, -0.2) is 53.6 Å². The van der Waals surface area contributed by atoms with Crippen LogP contribution in [0.15, 0.2) is 54.6 Å². The van der Waals surface area contributed by atoms with E-state index in [1.807, 2.05) is 30.3 Å². The predicted molar refractivity (Wildman–Crippen MR) is 108 cm³/mol. The van der Waals surface area contributed by atoms with Gasteiger partial charge in [0.15, 0.2) is 0 Å². The number of hydrogen-bond donors (Lipinski definition) is 1. The van der Waals surface area contributed by atoms with E-state index in [-0.39, 0.29) is 56.9 Å². The Morgan fingerprint density at radius 2 is 1.74 bits per heavy atom. The van der Waals surface area contributed by atoms with E-state index in [4.69, 9.17) is 9.47 Å². The zero-order valence-electron chi connectivity index (χ0n) is 17.0. The summed E-state index contributed by atoms with van der Waals surface area (Å²) in [6.45, 7) is -2.20. The molecule has 2 fully saturated rings. The summed E-state index contributed by atoms with van der Waals surface area (Å²) < 4.78 is 41.2. The first kappa shape index (κ1) is 21.5. The molecule has 8 heteroatoms. The highest BCUT2D eigenvalue weighted by molar-refractivity contribution is 5.69. The molecule has 2 saturated heterocycles. The van der Waals surface area contributed by atoms with Crippen LogP contribution in [0.1, 0.15) is 24.0 Å². The van der Waals surface area contributed by atoms with Crippen LogP contribution in [0, 0.1) is 0 Å². The number of hydrogen-bond acceptors (Lipinski definition) is 5. The molecule has 2 atom stereocenters. The zero-order chi connectivity index (χ0) is 21.8. The second-order valence-corrected chi connectivity index (χ2v) is 8.09. The summed E-state index contributed by atoms with van der Waals surface area (Å²) in [5, 5.41) is 11.3. The van der Waals surface area contributed by atoms with E-state index < -0.39 is 18.3 Å². The van der Waals surface area contributed by atoms with Crippen molar-refractivity contribution in [1.82, 2.24) is 4.90 Å². The molecule has 2 bridgehead atoms. The number of piperidine rings is 1. The van der Waals surface area contributed by atoms with Crippen molar-refractivity contribution >= 4 is 6.09 Å². The van der Waals surface area contributed by atoms with Crippen molar-refractivity contribution in [3.05, 3.63) is 65.7 Å². The highest BCUT2D eigenvalue weighted by Crippen LogP contribution is 2.38. The second kappa shape index (κ2) is 9.20. The Morgan fingerprint density at radius 3 is 2.42 bits per heavy atom. The van der Waals surface area contributed by atoms with Crippen LogP contribution >= 0.6 is 0 Å². The number of carbonyl (C=O) groups excluding carboxylic acids is 1. The van der Waals surface area contributed by atoms with Gasteiger partial charge in [-0.3, -0.25) is 4.90 Å². The Morgan fingerprint density at radius 1 is 1.10 bits per heavy atom. The molecule has 2 unspecified atom stereocenters. The average molecular weight is 433 g/mol. The molecular weight excluding hydrogens is 408 g/mol. The summed E-state index contributed by atoms with van der Waals surface area (Å²) in [5.41, 5.74) is 0.225. The number of rotatable bonds is 6. The van der Waals surface area contributed by atoms with Crippen molar-refractivity contribution in [2.45, 2.75) is 50.2 Å². The zero-order valence-corrected chi connectivity index (χ0v) is 17.0. The highest BCUT2D eigenvalue weighted by Gasteiger charge is 2.48. The van der Waals surface area contributed by atoms with Gasteiger partial charge in [-0.25, -0.2) is 4.79 Å². The van der Waals surface area contributed by atoms with Gasteiger partial charge in [-0.05, 0) is 30.0 Å². The van der Waals surface area contributed by atoms with Gasteiger partial charge in [0.2, 0.25) is 0 Å². The standard InChI is InChI=1S/C23H25F2NO5/c24-21(25)31-20-9-5-4-8-17(20)10-23(28)11-18-14-29-15-19(12-23)26(18)22(27)30-13-16-6-2-1-3-7-16/h1-9,18-19,21,28H,10-15H2. The third-order valence-corrected chi connectivity index (χ3v) is 5.76. The first-order valence-electron chi connectivity index (χ1n) is 10.3. The molecule has 0 aromatic heterocycles. The van der Waals surface area contributed by atoms with E-state index in [1.165, 1.54) is 6.07 Å². The van der Waals surface area contributed by atoms with Gasteiger partial charge in [0.1, 0.15) is 12.4 Å². The van der Waals surface area contributed by atoms with E-state index in [1.54, 1.807) is 23.1 Å². The van der Waals surface area contributed by atoms with Crippen LogP contribution in [0.3, 0.4) is 0 Å². The first-order chi connectivity index (χ1) is 14.9. The van der Waals surface area contributed by atoms with Crippen LogP contribution in [-0.2, 0) is 22.5 Å². The van der Waals surface area contributed by atoms with E-state index in [0.29, 0.717) is 5.56 Å². The highest BCUT2D eigenvalue weighted by atomic mass is 19.3. The average Bonchev–Trinajstić information content (AvgIpc) is 2.73. The monoisotopic (exact) mass is 433 g/mol. The number of alkyl halides is 2. The molecule has 166 valence electrons. The van der Waals surface area contributed by atoms with Crippen molar-refractivity contribution in [2.75, 3.05) is 13.2 Å². The second-order valence-electron chi connectivity index (χ2n) is 8.09. The molecule has 4 rings (SSSR count). The molecule has 2 heterocycles. The molecule has 0 spiro atoms. The smallest absolute Gasteiger partial charge is 0.410 e. The van der Waals surface area contributed by atoms with Crippen molar-refractivity contribution in [3.8, 4) is 5.75 Å². The minimum atomic E-state index is -2.94. The molecule has 6 nitrogen and oxygen atoms in total. The van der Waals surface area contributed by atoms with Crippen LogP contribution < -0.4 is 4.74 Å². The predicted octanol–water partition coefficient (Wildman–Crippen LogP) is 3.76. The fraction of sp³-hybridized carbons (Fsp3) is 0.435. The number of fused-ring (bicyclic) bond motifs is 2. The fourth-order valence-electron chi connectivity index (χ4n) is 4.53. The Bertz CT molecular complexity index is 881. The number of para-hydroxylation sites is 1. The first-order valence-corrected chi connectivity index (χ1v) is 10.3. The quantitative estimate of drug-likeness (QED) is 0.751. The van der Waals surface area contributed by atoms with Gasteiger partial charge in [-0.2, -0.15) is 8.78 Å². The maximum absolute atomic E-state index is 12.8. The van der Waals surface area contributed by atoms with Crippen molar-refractivity contribution in [2.24, 2.45) is 0 Å². The largest absolute Gasteiger partial charge is 0.445 e. The summed E-state index contributed by atoms with van der Waals surface area (Å²) >= 11 is 0. The van der Waals surface area contributed by atoms with Gasteiger partial charge < -0.3 is 19.3 Å². The maximum Gasteiger partial charge on any atom is 0.410 e. The Balaban J connectivity index is 1.45. The SMILES string of the molecule is O=C(OCc1ccccc1)N1C2COCC1CC(O)(Cc1ccccc1OC(F)F)C2. The molecular formula is C23H25F2NO5. The summed E-state index contributed by atoms with van der Waals surface area (Å²) in [7, 11) is 0. The molecule has 2 aromatic rings. The lowest BCUT2D eigenvalue weighted by Crippen LogP contribution is -2.64. The van der Waals surface area contributed by atoms with Gasteiger partial charge in [-0.15, -0.1) is 0 Å². The normalized spacial score (nSPS) is 25.4. The lowest BCUT2D eigenvalue weighted by molar-refractivity contribution is -0.133. The molecule has 1 N–H and O–H groups in total. The van der Waals surface area contributed by atoms with Crippen LogP contribution in [0.4, 0.5) is 13.6 Å². The van der Waals surface area contributed by atoms with Crippen LogP contribution in [0.5, 0.6) is 5.75 Å². The summed E-state index contributed by atoms with van der Waals surface area (Å²) in [4.78, 5) is 14.4. The Hall–Kier alpha value is -2.71. The molecule has 2 aromatic carbocycles. The number of aliphatic hydroxyl groups is 1. The van der Waals surface area contributed by atoms with Crippen molar-refractivity contribution < 1.29 is 32.9 Å². The molecule has 1 amide bonds. The van der Waals surface area contributed by atoms with Crippen molar-refractivity contribution in [1.29, 1.82) is 0 Å². The number of benzene rings is 2. The fourth-order valence-corrected chi connectivity index (χ4v) is 4.53. The lowest BCUT2D eigenvalue weighted by Gasteiger charge is -2.51. The summed E-state index contributed by atoms with van der Waals surface area (Å²) in [6, 6.07) is 15.2. The Labute approximate surface area is 179 Å². The van der Waals surface area contributed by atoms with E-state index in [9.17, 15) is 18.7 Å². The number of carbonyl (C=O) groups is 1. The maximum atomic E-state index is 12.8. The van der Waals surface area contributed by atoms with Gasteiger partial charge in [-0.1, -0.05) is 48.5 Å². The van der Waals surface area contributed by atoms with Crippen molar-refractivity contribution in [3.63, 3.8) is 0 Å². The molecule has 2 aliphatic heterocycles. The number of nitrogens with zero attached hydrogens (tertiary/aromatic N) is 1. The van der Waals surface area contributed by atoms with E-state index in [2.05, 4.69) is 4.74 Å². The molecule has 31 heavy (non-hydrogen) atoms. The topological polar surface area (TPSA) is 68.2 Å². The number of ether oxygens (including phenoxy) is 3. The minimum absolute atomic E-state index is 0.0528. The summed E-state index contributed by atoms with van der Waals surface area (Å²) in [6.07, 6.45) is 0.223. The van der Waals surface area contributed by atoms with Crippen LogP contribution in [0.2, 0.25) is 0 Å². The van der Waals surface area contributed by atoms with Gasteiger partial charge in [0.05, 0.1) is 30.9 Å². The van der Waals surface area contributed by atoms with E-state index >= 15 is 0 Å².